The summed E-state index contributed by atoms with van der Waals surface area (Å²) in [7, 11) is 0. The normalized spacial score (nSPS) is 13.5. The molecular weight excluding hydrogens is 191 g/mol. The molecule has 0 rings (SSSR count). The molecule has 7 heteroatoms. The summed E-state index contributed by atoms with van der Waals surface area (Å²) in [5.74, 6) is -3.79. The van der Waals surface area contributed by atoms with Crippen LogP contribution in [0.15, 0.2) is 0 Å². The highest BCUT2D eigenvalue weighted by Crippen LogP contribution is 2.18. The van der Waals surface area contributed by atoms with Crippen molar-refractivity contribution in [2.75, 3.05) is 0 Å². The molecule has 0 aromatic rings. The highest BCUT2D eigenvalue weighted by molar-refractivity contribution is 5.82. The minimum Gasteiger partial charge on any atom is -0.546 e. The maximum atomic E-state index is 11.6. The van der Waals surface area contributed by atoms with Crippen LogP contribution in [0, 0.1) is 5.41 Å². The van der Waals surface area contributed by atoms with Gasteiger partial charge in [-0.25, -0.2) is 0 Å². The molecule has 76 valence electrons. The monoisotopic (exact) mass is 198 g/mol. The van der Waals surface area contributed by atoms with Crippen molar-refractivity contribution in [1.29, 1.82) is 5.41 Å². The third kappa shape index (κ3) is 3.77. The third-order valence-corrected chi connectivity index (χ3v) is 1.15. The first kappa shape index (κ1) is 11.7. The van der Waals surface area contributed by atoms with Crippen LogP contribution in [0.3, 0.4) is 0 Å². The topological polar surface area (TPSA) is 73.2 Å². The second-order valence-corrected chi connectivity index (χ2v) is 2.16. The van der Waals surface area contributed by atoms with Gasteiger partial charge in [-0.3, -0.25) is 5.41 Å². The van der Waals surface area contributed by atoms with Gasteiger partial charge in [0.05, 0.1) is 5.97 Å². The highest BCUT2D eigenvalue weighted by Gasteiger charge is 2.38. The second kappa shape index (κ2) is 4.11. The van der Waals surface area contributed by atoms with Gasteiger partial charge in [-0.05, 0) is 6.42 Å². The van der Waals surface area contributed by atoms with Crippen LogP contribution in [-0.2, 0) is 9.53 Å². The van der Waals surface area contributed by atoms with E-state index in [4.69, 9.17) is 5.41 Å². The van der Waals surface area contributed by atoms with Crippen LogP contribution in [-0.4, -0.2) is 24.1 Å². The van der Waals surface area contributed by atoms with E-state index in [1.165, 1.54) is 6.92 Å². The number of carbonyl (C=O) groups excluding carboxylic acids is 1. The first-order chi connectivity index (χ1) is 5.79. The van der Waals surface area contributed by atoms with E-state index in [-0.39, 0.29) is 6.42 Å². The Labute approximate surface area is 71.8 Å². The van der Waals surface area contributed by atoms with Crippen LogP contribution in [0.1, 0.15) is 13.3 Å². The van der Waals surface area contributed by atoms with Gasteiger partial charge < -0.3 is 14.6 Å². The Hall–Kier alpha value is -1.27. The van der Waals surface area contributed by atoms with E-state index in [9.17, 15) is 23.1 Å². The van der Waals surface area contributed by atoms with E-state index in [0.717, 1.165) is 0 Å². The van der Waals surface area contributed by atoms with Gasteiger partial charge in [0.1, 0.15) is 6.10 Å². The summed E-state index contributed by atoms with van der Waals surface area (Å²) in [5, 5.41) is 16.4. The lowest BCUT2D eigenvalue weighted by Crippen LogP contribution is -2.41. The van der Waals surface area contributed by atoms with E-state index >= 15 is 0 Å². The van der Waals surface area contributed by atoms with E-state index in [1.54, 1.807) is 0 Å². The van der Waals surface area contributed by atoms with Gasteiger partial charge in [0.25, 0.3) is 5.90 Å². The Kier molecular flexibility index (Phi) is 3.70. The average molecular weight is 198 g/mol. The van der Waals surface area contributed by atoms with Crippen molar-refractivity contribution in [3.63, 3.8) is 0 Å². The van der Waals surface area contributed by atoms with Crippen molar-refractivity contribution in [2.24, 2.45) is 0 Å². The molecule has 0 saturated carbocycles. The fourth-order valence-corrected chi connectivity index (χ4v) is 0.507. The predicted octanol–water partition coefficient (Wildman–Crippen LogP) is 0.0711. The molecule has 4 nitrogen and oxygen atoms in total. The van der Waals surface area contributed by atoms with Crippen LogP contribution in [0.25, 0.3) is 0 Å². The largest absolute Gasteiger partial charge is 0.546 e. The van der Waals surface area contributed by atoms with Gasteiger partial charge in [-0.1, -0.05) is 6.92 Å². The second-order valence-electron chi connectivity index (χ2n) is 2.16. The summed E-state index contributed by atoms with van der Waals surface area (Å²) in [5.41, 5.74) is 0. The van der Waals surface area contributed by atoms with Gasteiger partial charge in [-0.15, -0.1) is 0 Å². The Morgan fingerprint density at radius 3 is 2.31 bits per heavy atom. The van der Waals surface area contributed by atoms with Crippen LogP contribution >= 0.6 is 0 Å². The quantitative estimate of drug-likeness (QED) is 0.515. The SMILES string of the molecule is CCC(OC(=N)C(F)(F)F)C(=O)[O-]. The van der Waals surface area contributed by atoms with Gasteiger partial charge in [0.2, 0.25) is 0 Å². The van der Waals surface area contributed by atoms with E-state index in [1.807, 2.05) is 0 Å². The van der Waals surface area contributed by atoms with Crippen molar-refractivity contribution in [3.05, 3.63) is 0 Å². The molecule has 0 saturated heterocycles. The average Bonchev–Trinajstić information content (AvgIpc) is 1.96. The summed E-state index contributed by atoms with van der Waals surface area (Å²) >= 11 is 0. The minimum atomic E-state index is -4.96. The number of rotatable bonds is 3. The highest BCUT2D eigenvalue weighted by atomic mass is 19.4. The van der Waals surface area contributed by atoms with E-state index < -0.39 is 24.1 Å². The summed E-state index contributed by atoms with van der Waals surface area (Å²) in [6, 6.07) is 0. The van der Waals surface area contributed by atoms with Crippen molar-refractivity contribution in [3.8, 4) is 0 Å². The maximum Gasteiger partial charge on any atom is 0.467 e. The molecule has 0 fully saturated rings. The number of nitrogens with one attached hydrogen (secondary N) is 1. The van der Waals surface area contributed by atoms with Crippen molar-refractivity contribution in [2.45, 2.75) is 25.6 Å². The van der Waals surface area contributed by atoms with Crippen molar-refractivity contribution in [1.82, 2.24) is 0 Å². The molecule has 0 radical (unpaired) electrons. The maximum absolute atomic E-state index is 11.6. The summed E-state index contributed by atoms with van der Waals surface area (Å²) < 4.78 is 38.8. The molecule has 0 aliphatic heterocycles. The Morgan fingerprint density at radius 2 is 2.08 bits per heavy atom. The van der Waals surface area contributed by atoms with Gasteiger partial charge in [0.15, 0.2) is 0 Å². The van der Waals surface area contributed by atoms with Crippen molar-refractivity contribution < 1.29 is 27.8 Å². The number of halogens is 3. The Bertz CT molecular complexity index is 214. The summed E-state index contributed by atoms with van der Waals surface area (Å²) in [6.07, 6.45) is -6.88. The molecule has 0 aliphatic rings. The number of alkyl halides is 3. The predicted molar refractivity (Wildman–Crippen MR) is 34.0 cm³/mol. The molecule has 0 aromatic carbocycles. The zero-order chi connectivity index (χ0) is 10.6. The van der Waals surface area contributed by atoms with Gasteiger partial charge in [0, 0.05) is 0 Å². The standard InChI is InChI=1S/C6H8F3NO3/c1-2-3(4(11)12)13-5(10)6(7,8)9/h3,10H,2H2,1H3,(H,11,12)/p-1. The Balaban J connectivity index is 4.26. The molecular formula is C6H7F3NO3-. The number of carboxylic acids is 1. The van der Waals surface area contributed by atoms with Crippen LogP contribution in [0.4, 0.5) is 13.2 Å². The third-order valence-electron chi connectivity index (χ3n) is 1.15. The molecule has 1 N–H and O–H groups in total. The molecule has 13 heavy (non-hydrogen) atoms. The fourth-order valence-electron chi connectivity index (χ4n) is 0.507. The molecule has 0 aromatic heterocycles. The molecule has 0 spiro atoms. The molecule has 1 atom stereocenters. The van der Waals surface area contributed by atoms with Crippen LogP contribution in [0.2, 0.25) is 0 Å². The minimum absolute atomic E-state index is 0.194. The summed E-state index contributed by atoms with van der Waals surface area (Å²) in [4.78, 5) is 10.1. The van der Waals surface area contributed by atoms with Gasteiger partial charge >= 0.3 is 6.18 Å². The molecule has 0 bridgehead atoms. The smallest absolute Gasteiger partial charge is 0.467 e. The molecule has 0 amide bonds. The first-order valence-corrected chi connectivity index (χ1v) is 3.32. The summed E-state index contributed by atoms with van der Waals surface area (Å²) in [6.45, 7) is 1.31. The fraction of sp³-hybridized carbons (Fsp3) is 0.667. The zero-order valence-electron chi connectivity index (χ0n) is 6.64. The number of carbonyl (C=O) groups is 1. The first-order valence-electron chi connectivity index (χ1n) is 3.32. The number of hydrogen-bond donors (Lipinski definition) is 1. The zero-order valence-corrected chi connectivity index (χ0v) is 6.64. The van der Waals surface area contributed by atoms with Crippen LogP contribution < -0.4 is 5.11 Å². The van der Waals surface area contributed by atoms with Gasteiger partial charge in [-0.2, -0.15) is 13.2 Å². The number of hydrogen-bond acceptors (Lipinski definition) is 4. The lowest BCUT2D eigenvalue weighted by Gasteiger charge is -2.19. The number of aliphatic carboxylic acids is 1. The lowest BCUT2D eigenvalue weighted by atomic mass is 10.3. The van der Waals surface area contributed by atoms with E-state index in [2.05, 4.69) is 4.74 Å². The lowest BCUT2D eigenvalue weighted by molar-refractivity contribution is -0.314. The molecule has 0 aliphatic carbocycles. The van der Waals surface area contributed by atoms with E-state index in [0.29, 0.717) is 0 Å². The Morgan fingerprint density at radius 1 is 1.62 bits per heavy atom. The molecule has 0 heterocycles. The number of carboxylic acid groups (broad SMARTS) is 1. The molecule has 1 unspecified atom stereocenters. The number of ether oxygens (including phenoxy) is 1. The van der Waals surface area contributed by atoms with Crippen LogP contribution in [0.5, 0.6) is 0 Å². The van der Waals surface area contributed by atoms with Crippen molar-refractivity contribution >= 4 is 11.9 Å².